The molecule has 1 aliphatic heterocycles. The Morgan fingerprint density at radius 1 is 1.19 bits per heavy atom. The van der Waals surface area contributed by atoms with Crippen LogP contribution < -0.4 is 5.32 Å². The molecule has 0 saturated carbocycles. The molecule has 186 valence electrons. The minimum absolute atomic E-state index is 0.0206. The van der Waals surface area contributed by atoms with Crippen LogP contribution in [0.25, 0.3) is 6.08 Å². The molecule has 1 aliphatic rings. The fourth-order valence-electron chi connectivity index (χ4n) is 3.41. The van der Waals surface area contributed by atoms with Gasteiger partial charge in [0.05, 0.1) is 10.5 Å². The quantitative estimate of drug-likeness (QED) is 0.278. The normalized spacial score (nSPS) is 15.1. The van der Waals surface area contributed by atoms with Crippen molar-refractivity contribution in [1.29, 1.82) is 0 Å². The number of halogens is 3. The SMILES string of the molecule is Cc1ccc(/C=C2\SC(=S)N(CCC(=O)Nc3ncc(Cc4cccc(C(F)(F)F)c4)s3)C2=O)cc1. The van der Waals surface area contributed by atoms with Gasteiger partial charge in [0, 0.05) is 30.5 Å². The Labute approximate surface area is 219 Å². The van der Waals surface area contributed by atoms with Gasteiger partial charge in [-0.3, -0.25) is 14.5 Å². The number of thioether (sulfide) groups is 1. The van der Waals surface area contributed by atoms with E-state index in [2.05, 4.69) is 10.3 Å². The van der Waals surface area contributed by atoms with Crippen molar-refractivity contribution in [3.63, 3.8) is 0 Å². The van der Waals surface area contributed by atoms with E-state index >= 15 is 0 Å². The minimum atomic E-state index is -4.41. The summed E-state index contributed by atoms with van der Waals surface area (Å²) >= 11 is 7.71. The van der Waals surface area contributed by atoms with Crippen LogP contribution in [0.4, 0.5) is 18.3 Å². The minimum Gasteiger partial charge on any atom is -0.302 e. The van der Waals surface area contributed by atoms with Crippen LogP contribution in [0.3, 0.4) is 0 Å². The highest BCUT2D eigenvalue weighted by atomic mass is 32.2. The van der Waals surface area contributed by atoms with Gasteiger partial charge in [-0.15, -0.1) is 11.3 Å². The van der Waals surface area contributed by atoms with Crippen LogP contribution >= 0.6 is 35.3 Å². The van der Waals surface area contributed by atoms with E-state index in [1.807, 2.05) is 31.2 Å². The number of amides is 2. The maximum absolute atomic E-state index is 12.9. The Hall–Kier alpha value is -3.02. The van der Waals surface area contributed by atoms with Crippen LogP contribution in [-0.2, 0) is 22.2 Å². The lowest BCUT2D eigenvalue weighted by Gasteiger charge is -2.13. The zero-order valence-corrected chi connectivity index (χ0v) is 21.4. The number of thiocarbonyl (C=S) groups is 1. The number of hydrogen-bond donors (Lipinski definition) is 1. The van der Waals surface area contributed by atoms with E-state index in [-0.39, 0.29) is 31.2 Å². The molecule has 1 N–H and O–H groups in total. The second kappa shape index (κ2) is 10.9. The van der Waals surface area contributed by atoms with E-state index in [1.165, 1.54) is 40.3 Å². The molecule has 2 amide bonds. The van der Waals surface area contributed by atoms with Crippen molar-refractivity contribution in [1.82, 2.24) is 9.88 Å². The molecule has 0 radical (unpaired) electrons. The Kier molecular flexibility index (Phi) is 7.91. The van der Waals surface area contributed by atoms with Gasteiger partial charge in [0.2, 0.25) is 5.91 Å². The number of benzene rings is 2. The number of aromatic nitrogens is 1. The summed E-state index contributed by atoms with van der Waals surface area (Å²) in [4.78, 5) is 32.0. The second-order valence-electron chi connectivity index (χ2n) is 8.05. The lowest BCUT2D eigenvalue weighted by atomic mass is 10.1. The second-order valence-corrected chi connectivity index (χ2v) is 10.8. The first kappa shape index (κ1) is 26.1. The first-order valence-corrected chi connectivity index (χ1v) is 12.9. The van der Waals surface area contributed by atoms with E-state index in [0.717, 1.165) is 23.3 Å². The van der Waals surface area contributed by atoms with E-state index in [1.54, 1.807) is 12.1 Å². The zero-order valence-electron chi connectivity index (χ0n) is 19.0. The van der Waals surface area contributed by atoms with Crippen molar-refractivity contribution in [3.05, 3.63) is 86.8 Å². The maximum Gasteiger partial charge on any atom is 0.416 e. The van der Waals surface area contributed by atoms with Gasteiger partial charge >= 0.3 is 6.18 Å². The predicted molar refractivity (Wildman–Crippen MR) is 141 cm³/mol. The number of carbonyl (C=O) groups is 2. The summed E-state index contributed by atoms with van der Waals surface area (Å²) in [6.07, 6.45) is -0.815. The standard InChI is InChI=1S/C25H20F3N3O2S3/c1-15-5-7-16(8-6-15)13-20-22(33)31(24(34)36-20)10-9-21(32)30-23-29-14-19(35-23)12-17-3-2-4-18(11-17)25(26,27)28/h2-8,11,13-14H,9-10,12H2,1H3,(H,29,30,32)/b20-13-. The van der Waals surface area contributed by atoms with Crippen molar-refractivity contribution >= 4 is 62.7 Å². The van der Waals surface area contributed by atoms with Crippen molar-refractivity contribution in [2.45, 2.75) is 25.9 Å². The van der Waals surface area contributed by atoms with Gasteiger partial charge in [0.1, 0.15) is 4.32 Å². The van der Waals surface area contributed by atoms with Crippen LogP contribution in [0.2, 0.25) is 0 Å². The van der Waals surface area contributed by atoms with Crippen LogP contribution in [0.5, 0.6) is 0 Å². The van der Waals surface area contributed by atoms with Crippen molar-refractivity contribution < 1.29 is 22.8 Å². The van der Waals surface area contributed by atoms with Crippen LogP contribution in [0.1, 0.15) is 33.6 Å². The summed E-state index contributed by atoms with van der Waals surface area (Å²) in [6, 6.07) is 12.9. The number of nitrogens with zero attached hydrogens (tertiary/aromatic N) is 2. The molecule has 3 aromatic rings. The molecule has 11 heteroatoms. The predicted octanol–water partition coefficient (Wildman–Crippen LogP) is 6.29. The smallest absolute Gasteiger partial charge is 0.302 e. The molecule has 5 nitrogen and oxygen atoms in total. The van der Waals surface area contributed by atoms with Gasteiger partial charge in [-0.1, -0.05) is 72.0 Å². The third-order valence-electron chi connectivity index (χ3n) is 5.24. The van der Waals surface area contributed by atoms with E-state index in [0.29, 0.717) is 24.8 Å². The number of aryl methyl sites for hydroxylation is 1. The first-order valence-electron chi connectivity index (χ1n) is 10.8. The molecular formula is C25H20F3N3O2S3. The molecule has 1 aromatic heterocycles. The van der Waals surface area contributed by atoms with E-state index in [9.17, 15) is 22.8 Å². The van der Waals surface area contributed by atoms with E-state index in [4.69, 9.17) is 12.2 Å². The largest absolute Gasteiger partial charge is 0.416 e. The van der Waals surface area contributed by atoms with Crippen LogP contribution in [0.15, 0.2) is 59.6 Å². The molecule has 0 aliphatic carbocycles. The molecule has 0 atom stereocenters. The molecule has 2 heterocycles. The number of nitrogens with one attached hydrogen (secondary N) is 1. The summed E-state index contributed by atoms with van der Waals surface area (Å²) in [5, 5.41) is 3.02. The fourth-order valence-corrected chi connectivity index (χ4v) is 5.58. The number of carbonyl (C=O) groups excluding carboxylic acids is 2. The summed E-state index contributed by atoms with van der Waals surface area (Å²) in [7, 11) is 0. The Morgan fingerprint density at radius 3 is 2.67 bits per heavy atom. The number of alkyl halides is 3. The van der Waals surface area contributed by atoms with Gasteiger partial charge in [-0.25, -0.2) is 4.98 Å². The maximum atomic E-state index is 12.9. The summed E-state index contributed by atoms with van der Waals surface area (Å²) in [5.41, 5.74) is 1.80. The van der Waals surface area contributed by atoms with Crippen molar-refractivity contribution in [2.75, 3.05) is 11.9 Å². The monoisotopic (exact) mass is 547 g/mol. The highest BCUT2D eigenvalue weighted by Gasteiger charge is 2.32. The van der Waals surface area contributed by atoms with Crippen molar-refractivity contribution in [2.24, 2.45) is 0 Å². The fraction of sp³-hybridized carbons (Fsp3) is 0.200. The number of thiazole rings is 1. The third kappa shape index (κ3) is 6.59. The van der Waals surface area contributed by atoms with Crippen molar-refractivity contribution in [3.8, 4) is 0 Å². The number of hydrogen-bond acceptors (Lipinski definition) is 6. The van der Waals surface area contributed by atoms with Gasteiger partial charge in [-0.05, 0) is 30.2 Å². The molecular weight excluding hydrogens is 527 g/mol. The Balaban J connectivity index is 1.31. The molecule has 1 saturated heterocycles. The third-order valence-corrected chi connectivity index (χ3v) is 7.53. The molecule has 0 spiro atoms. The lowest BCUT2D eigenvalue weighted by molar-refractivity contribution is -0.137. The van der Waals surface area contributed by atoms with E-state index < -0.39 is 11.7 Å². The molecule has 1 fully saturated rings. The lowest BCUT2D eigenvalue weighted by Crippen LogP contribution is -2.31. The highest BCUT2D eigenvalue weighted by Crippen LogP contribution is 2.33. The summed E-state index contributed by atoms with van der Waals surface area (Å²) in [6.45, 7) is 2.11. The summed E-state index contributed by atoms with van der Waals surface area (Å²) < 4.78 is 39.2. The topological polar surface area (TPSA) is 62.3 Å². The first-order chi connectivity index (χ1) is 17.1. The molecule has 0 bridgehead atoms. The molecule has 4 rings (SSSR count). The number of rotatable bonds is 7. The Morgan fingerprint density at radius 2 is 1.94 bits per heavy atom. The average Bonchev–Trinajstić information content (AvgIpc) is 3.36. The highest BCUT2D eigenvalue weighted by molar-refractivity contribution is 8.26. The van der Waals surface area contributed by atoms with Gasteiger partial charge in [0.15, 0.2) is 5.13 Å². The van der Waals surface area contributed by atoms with Gasteiger partial charge in [0.25, 0.3) is 5.91 Å². The number of anilines is 1. The Bertz CT molecular complexity index is 1330. The molecule has 0 unspecified atom stereocenters. The average molecular weight is 548 g/mol. The van der Waals surface area contributed by atoms with Crippen LogP contribution in [-0.4, -0.2) is 32.6 Å². The van der Waals surface area contributed by atoms with Gasteiger partial charge in [-0.2, -0.15) is 13.2 Å². The molecule has 2 aromatic carbocycles. The molecule has 36 heavy (non-hydrogen) atoms. The zero-order chi connectivity index (χ0) is 25.9. The van der Waals surface area contributed by atoms with Gasteiger partial charge < -0.3 is 5.32 Å². The summed E-state index contributed by atoms with van der Waals surface area (Å²) in [5.74, 6) is -0.581. The van der Waals surface area contributed by atoms with Crippen LogP contribution in [0, 0.1) is 6.92 Å².